The highest BCUT2D eigenvalue weighted by molar-refractivity contribution is 6.05. The Morgan fingerprint density at radius 2 is 1.77 bits per heavy atom. The number of anilines is 3. The van der Waals surface area contributed by atoms with Gasteiger partial charge in [-0.2, -0.15) is 0 Å². The lowest BCUT2D eigenvalue weighted by Crippen LogP contribution is -2.36. The van der Waals surface area contributed by atoms with E-state index < -0.39 is 23.3 Å². The van der Waals surface area contributed by atoms with Crippen molar-refractivity contribution < 1.29 is 19.5 Å². The average Bonchev–Trinajstić information content (AvgIpc) is 3.58. The van der Waals surface area contributed by atoms with Gasteiger partial charge in [-0.25, -0.2) is 14.8 Å². The number of aromatic nitrogens is 4. The van der Waals surface area contributed by atoms with Crippen molar-refractivity contribution >= 4 is 40.9 Å². The number of carboxylic acids is 1. The van der Waals surface area contributed by atoms with Gasteiger partial charge in [0.25, 0.3) is 5.95 Å². The van der Waals surface area contributed by atoms with Crippen LogP contribution in [0.4, 0.5) is 17.3 Å². The molecule has 0 fully saturated rings. The molecule has 0 radical (unpaired) electrons. The Balaban J connectivity index is 1.56. The maximum absolute atomic E-state index is 13.2. The third-order valence-electron chi connectivity index (χ3n) is 8.63. The molecule has 2 heterocycles. The summed E-state index contributed by atoms with van der Waals surface area (Å²) in [6, 6.07) is 24.3. The minimum Gasteiger partial charge on any atom is -0.478 e. The van der Waals surface area contributed by atoms with Gasteiger partial charge in [0.2, 0.25) is 11.8 Å². The first-order valence-electron chi connectivity index (χ1n) is 14.7. The summed E-state index contributed by atoms with van der Waals surface area (Å²) in [6.07, 6.45) is 0.339. The number of hydrogen-bond donors (Lipinski definition) is 6. The van der Waals surface area contributed by atoms with E-state index in [4.69, 9.17) is 16.9 Å². The van der Waals surface area contributed by atoms with E-state index >= 15 is 0 Å². The van der Waals surface area contributed by atoms with Gasteiger partial charge in [0.05, 0.1) is 17.3 Å². The molecule has 0 spiro atoms. The van der Waals surface area contributed by atoms with Crippen molar-refractivity contribution in [1.29, 1.82) is 5.41 Å². The first kappa shape index (κ1) is 30.6. The van der Waals surface area contributed by atoms with E-state index in [0.29, 0.717) is 34.5 Å². The Bertz CT molecular complexity index is 2050. The summed E-state index contributed by atoms with van der Waals surface area (Å²) < 4.78 is 0. The molecule has 2 atom stereocenters. The fraction of sp³-hybridized carbons (Fsp3) is 0.147. The molecule has 47 heavy (non-hydrogen) atoms. The highest BCUT2D eigenvalue weighted by Crippen LogP contribution is 2.50. The summed E-state index contributed by atoms with van der Waals surface area (Å²) in [4.78, 5) is 40.0. The molecule has 1 aliphatic rings. The first-order valence-corrected chi connectivity index (χ1v) is 14.7. The number of nitrogens with two attached hydrogens (primary N) is 2. The normalized spacial score (nSPS) is 16.9. The highest BCUT2D eigenvalue weighted by Gasteiger charge is 2.41. The van der Waals surface area contributed by atoms with Crippen LogP contribution in [0.3, 0.4) is 0 Å². The standard InChI is InChI=1S/C34H31N9O4/c1-18(44)43(33-39-41-42-40-33)22-10-6-7-19(15-22)23-12-13-24(31(37)45)28(29(23)32(46)47)27-17-34(2,21-8-4-3-5-9-21)25-16-20(30(35)36)11-14-26(25)38-27/h3-16,27,38H,17H2,1-2H3,(H3,35,36)(H2,37,45)(H,46,47)(H,39,40,41,42). The number of carbonyl (C=O) groups is 3. The van der Waals surface area contributed by atoms with Gasteiger partial charge in [0.15, 0.2) is 0 Å². The summed E-state index contributed by atoms with van der Waals surface area (Å²) in [5.41, 5.74) is 15.5. The van der Waals surface area contributed by atoms with Crippen LogP contribution in [0.5, 0.6) is 0 Å². The lowest BCUT2D eigenvalue weighted by atomic mass is 9.67. The maximum Gasteiger partial charge on any atom is 0.336 e. The van der Waals surface area contributed by atoms with Crippen molar-refractivity contribution in [3.63, 3.8) is 0 Å². The third kappa shape index (κ3) is 5.43. The van der Waals surface area contributed by atoms with Crippen molar-refractivity contribution in [2.45, 2.75) is 31.7 Å². The van der Waals surface area contributed by atoms with E-state index in [9.17, 15) is 19.5 Å². The smallest absolute Gasteiger partial charge is 0.336 e. The predicted molar refractivity (Wildman–Crippen MR) is 176 cm³/mol. The van der Waals surface area contributed by atoms with Crippen LogP contribution in [-0.2, 0) is 10.2 Å². The zero-order valence-electron chi connectivity index (χ0n) is 25.5. The zero-order valence-corrected chi connectivity index (χ0v) is 25.5. The summed E-state index contributed by atoms with van der Waals surface area (Å²) in [5, 5.41) is 35.9. The molecular formula is C34H31N9O4. The maximum atomic E-state index is 13.2. The Morgan fingerprint density at radius 1 is 1.00 bits per heavy atom. The van der Waals surface area contributed by atoms with Gasteiger partial charge in [0.1, 0.15) is 5.84 Å². The number of amidine groups is 1. The van der Waals surface area contributed by atoms with Crippen LogP contribution in [-0.4, -0.2) is 49.3 Å². The number of aromatic carboxylic acids is 1. The molecule has 0 bridgehead atoms. The Morgan fingerprint density at radius 3 is 2.40 bits per heavy atom. The van der Waals surface area contributed by atoms with Crippen LogP contribution < -0.4 is 21.7 Å². The molecule has 8 N–H and O–H groups in total. The number of carboxylic acid groups (broad SMARTS) is 1. The molecule has 13 heteroatoms. The third-order valence-corrected chi connectivity index (χ3v) is 8.63. The number of amides is 2. The second kappa shape index (κ2) is 11.9. The summed E-state index contributed by atoms with van der Waals surface area (Å²) in [6.45, 7) is 3.40. The fourth-order valence-electron chi connectivity index (χ4n) is 6.49. The molecule has 2 amide bonds. The molecular weight excluding hydrogens is 598 g/mol. The number of aromatic amines is 1. The van der Waals surface area contributed by atoms with Gasteiger partial charge in [-0.3, -0.25) is 15.0 Å². The van der Waals surface area contributed by atoms with Crippen LogP contribution in [0.1, 0.15) is 69.3 Å². The van der Waals surface area contributed by atoms with E-state index in [1.165, 1.54) is 17.9 Å². The molecule has 1 aliphatic heterocycles. The van der Waals surface area contributed by atoms with E-state index in [1.807, 2.05) is 49.4 Å². The first-order chi connectivity index (χ1) is 22.5. The number of tetrazole rings is 1. The number of nitrogens with one attached hydrogen (secondary N) is 3. The van der Waals surface area contributed by atoms with Crippen LogP contribution >= 0.6 is 0 Å². The van der Waals surface area contributed by atoms with Gasteiger partial charge in [-0.1, -0.05) is 60.6 Å². The van der Waals surface area contributed by atoms with Crippen LogP contribution in [0.2, 0.25) is 0 Å². The van der Waals surface area contributed by atoms with Crippen LogP contribution in [0.15, 0.2) is 84.9 Å². The largest absolute Gasteiger partial charge is 0.478 e. The minimum atomic E-state index is -1.26. The molecule has 13 nitrogen and oxygen atoms in total. The molecule has 1 aromatic heterocycles. The lowest BCUT2D eigenvalue weighted by Gasteiger charge is -2.42. The summed E-state index contributed by atoms with van der Waals surface area (Å²) in [7, 11) is 0. The number of nitrogen functional groups attached to an aromatic ring is 1. The summed E-state index contributed by atoms with van der Waals surface area (Å²) >= 11 is 0. The van der Waals surface area contributed by atoms with Crippen molar-refractivity contribution in [3.8, 4) is 11.1 Å². The molecule has 5 aromatic rings. The van der Waals surface area contributed by atoms with E-state index in [0.717, 1.165) is 11.1 Å². The van der Waals surface area contributed by atoms with Gasteiger partial charge < -0.3 is 21.9 Å². The van der Waals surface area contributed by atoms with Crippen molar-refractivity contribution in [3.05, 3.63) is 118 Å². The zero-order chi connectivity index (χ0) is 33.5. The van der Waals surface area contributed by atoms with Crippen LogP contribution in [0, 0.1) is 5.41 Å². The van der Waals surface area contributed by atoms with E-state index in [-0.39, 0.29) is 34.4 Å². The lowest BCUT2D eigenvalue weighted by molar-refractivity contribution is -0.115. The van der Waals surface area contributed by atoms with Crippen LogP contribution in [0.25, 0.3) is 11.1 Å². The van der Waals surface area contributed by atoms with Gasteiger partial charge in [-0.15, -0.1) is 0 Å². The molecule has 2 unspecified atom stereocenters. The number of primary amides is 1. The van der Waals surface area contributed by atoms with Gasteiger partial charge >= 0.3 is 5.97 Å². The van der Waals surface area contributed by atoms with E-state index in [1.54, 1.807) is 36.4 Å². The number of fused-ring (bicyclic) bond motifs is 1. The number of benzene rings is 4. The number of nitrogens with zero attached hydrogens (tertiary/aromatic N) is 4. The van der Waals surface area contributed by atoms with Crippen molar-refractivity contribution in [2.75, 3.05) is 10.2 Å². The highest BCUT2D eigenvalue weighted by atomic mass is 16.4. The number of hydrogen-bond acceptors (Lipinski definition) is 8. The van der Waals surface area contributed by atoms with Crippen molar-refractivity contribution in [2.24, 2.45) is 11.5 Å². The Labute approximate surface area is 269 Å². The van der Waals surface area contributed by atoms with E-state index in [2.05, 4.69) is 25.9 Å². The predicted octanol–water partition coefficient (Wildman–Crippen LogP) is 4.50. The second-order valence-corrected chi connectivity index (χ2v) is 11.5. The van der Waals surface area contributed by atoms with Gasteiger partial charge in [0, 0.05) is 34.7 Å². The summed E-state index contributed by atoms with van der Waals surface area (Å²) in [5.74, 6) is -2.39. The second-order valence-electron chi connectivity index (χ2n) is 11.5. The minimum absolute atomic E-state index is 0.0668. The Hall–Kier alpha value is -6.37. The van der Waals surface area contributed by atoms with Gasteiger partial charge in [-0.05, 0) is 75.5 Å². The molecule has 6 rings (SSSR count). The molecule has 0 saturated heterocycles. The molecule has 236 valence electrons. The van der Waals surface area contributed by atoms with Crippen molar-refractivity contribution in [1.82, 2.24) is 20.6 Å². The number of carbonyl (C=O) groups excluding carboxylic acids is 2. The quantitative estimate of drug-likeness (QED) is 0.105. The molecule has 0 saturated carbocycles. The molecule has 4 aromatic carbocycles. The topological polar surface area (TPSA) is 217 Å². The number of rotatable bonds is 8. The SMILES string of the molecule is CC(=O)N(c1cccc(-c2ccc(C(N)=O)c(C3CC(C)(c4ccccc4)c4cc(C(=N)N)ccc4N3)c2C(=O)O)c1)c1nnn[nH]1. The Kier molecular flexibility index (Phi) is 7.73. The monoisotopic (exact) mass is 629 g/mol. The number of H-pyrrole nitrogens is 1. The molecule has 0 aliphatic carbocycles. The average molecular weight is 630 g/mol. The fourth-order valence-corrected chi connectivity index (χ4v) is 6.49.